The van der Waals surface area contributed by atoms with Gasteiger partial charge in [0.15, 0.2) is 0 Å². The number of rotatable bonds is 0. The molecule has 3 nitrogen and oxygen atoms in total. The number of fused-ring (bicyclic) bond motifs is 1. The molecule has 4 heteroatoms. The van der Waals surface area contributed by atoms with Crippen molar-refractivity contribution in [1.29, 1.82) is 0 Å². The van der Waals surface area contributed by atoms with E-state index in [1.807, 2.05) is 0 Å². The van der Waals surface area contributed by atoms with Crippen molar-refractivity contribution in [3.05, 3.63) is 23.5 Å². The van der Waals surface area contributed by atoms with Crippen molar-refractivity contribution in [2.75, 3.05) is 0 Å². The first-order valence-electron chi connectivity index (χ1n) is 3.24. The van der Waals surface area contributed by atoms with E-state index in [0.29, 0.717) is 16.6 Å². The molecule has 1 heterocycles. The molecule has 0 unspecified atom stereocenters. The molecule has 0 fully saturated rings. The summed E-state index contributed by atoms with van der Waals surface area (Å²) in [5.41, 5.74) is 1.84. The largest absolute Gasteiger partial charge is 0.207 e. The van der Waals surface area contributed by atoms with E-state index in [2.05, 4.69) is 15.4 Å². The summed E-state index contributed by atoms with van der Waals surface area (Å²) >= 11 is 0. The monoisotopic (exact) mass is 151 g/mol. The zero-order valence-corrected chi connectivity index (χ0v) is 5.93. The van der Waals surface area contributed by atoms with Gasteiger partial charge < -0.3 is 0 Å². The van der Waals surface area contributed by atoms with Crippen molar-refractivity contribution >= 4 is 11.0 Å². The van der Waals surface area contributed by atoms with E-state index in [4.69, 9.17) is 0 Å². The number of benzene rings is 1. The lowest BCUT2D eigenvalue weighted by atomic mass is 10.2. The van der Waals surface area contributed by atoms with Crippen molar-refractivity contribution in [1.82, 2.24) is 15.4 Å². The highest BCUT2D eigenvalue weighted by Crippen LogP contribution is 2.15. The third-order valence-electron chi connectivity index (χ3n) is 1.68. The van der Waals surface area contributed by atoms with Gasteiger partial charge in [-0.2, -0.15) is 15.4 Å². The number of hydrogen-bond acceptors (Lipinski definition) is 2. The van der Waals surface area contributed by atoms with E-state index in [1.54, 1.807) is 13.0 Å². The van der Waals surface area contributed by atoms with E-state index in [-0.39, 0.29) is 5.82 Å². The fourth-order valence-electron chi connectivity index (χ4n) is 1.02. The van der Waals surface area contributed by atoms with Crippen LogP contribution in [0.2, 0.25) is 0 Å². The smallest absolute Gasteiger partial charge is 0.128 e. The van der Waals surface area contributed by atoms with Crippen LogP contribution in [0.4, 0.5) is 4.39 Å². The lowest BCUT2D eigenvalue weighted by molar-refractivity contribution is 0.620. The Balaban J connectivity index is 2.93. The average molecular weight is 151 g/mol. The van der Waals surface area contributed by atoms with Gasteiger partial charge in [0.2, 0.25) is 0 Å². The summed E-state index contributed by atoms with van der Waals surface area (Å²) < 4.78 is 12.8. The lowest BCUT2D eigenvalue weighted by Crippen LogP contribution is -1.82. The van der Waals surface area contributed by atoms with Gasteiger partial charge in [0.1, 0.15) is 16.9 Å². The second-order valence-electron chi connectivity index (χ2n) is 2.36. The number of hydrogen-bond donors (Lipinski definition) is 1. The average Bonchev–Trinajstić information content (AvgIpc) is 2.45. The summed E-state index contributed by atoms with van der Waals surface area (Å²) in [7, 11) is 0. The maximum atomic E-state index is 12.8. The SMILES string of the molecule is Cc1c(F)ccc2n[nH]nc12. The summed E-state index contributed by atoms with van der Waals surface area (Å²) in [5, 5.41) is 10.1. The Bertz CT molecular complexity index is 393. The van der Waals surface area contributed by atoms with Crippen LogP contribution in [-0.2, 0) is 0 Å². The van der Waals surface area contributed by atoms with Gasteiger partial charge in [0.05, 0.1) is 0 Å². The number of halogens is 1. The van der Waals surface area contributed by atoms with Crippen LogP contribution in [0.5, 0.6) is 0 Å². The molecule has 56 valence electrons. The summed E-state index contributed by atoms with van der Waals surface area (Å²) in [6, 6.07) is 2.99. The molecule has 0 aliphatic carbocycles. The zero-order valence-electron chi connectivity index (χ0n) is 5.93. The third-order valence-corrected chi connectivity index (χ3v) is 1.68. The van der Waals surface area contributed by atoms with E-state index in [0.717, 1.165) is 0 Å². The van der Waals surface area contributed by atoms with Crippen LogP contribution in [0, 0.1) is 12.7 Å². The standard InChI is InChI=1S/C7H6FN3/c1-4-5(8)2-3-6-7(4)10-11-9-6/h2-3H,1H3,(H,9,10,11). The quantitative estimate of drug-likeness (QED) is 0.618. The molecule has 1 aromatic heterocycles. The first kappa shape index (κ1) is 6.27. The van der Waals surface area contributed by atoms with Crippen LogP contribution in [0.15, 0.2) is 12.1 Å². The Morgan fingerprint density at radius 2 is 2.18 bits per heavy atom. The minimum absolute atomic E-state index is 0.244. The van der Waals surface area contributed by atoms with Gasteiger partial charge in [-0.3, -0.25) is 0 Å². The molecule has 11 heavy (non-hydrogen) atoms. The van der Waals surface area contributed by atoms with Crippen LogP contribution >= 0.6 is 0 Å². The molecule has 0 aliphatic rings. The first-order chi connectivity index (χ1) is 5.29. The normalized spacial score (nSPS) is 10.7. The number of nitrogens with zero attached hydrogens (tertiary/aromatic N) is 2. The van der Waals surface area contributed by atoms with Gasteiger partial charge in [-0.05, 0) is 19.1 Å². The molecule has 0 radical (unpaired) electrons. The molecule has 1 N–H and O–H groups in total. The van der Waals surface area contributed by atoms with E-state index in [1.165, 1.54) is 6.07 Å². The van der Waals surface area contributed by atoms with Gasteiger partial charge in [-0.15, -0.1) is 0 Å². The van der Waals surface area contributed by atoms with Crippen LogP contribution in [-0.4, -0.2) is 15.4 Å². The zero-order chi connectivity index (χ0) is 7.84. The molecule has 1 aromatic carbocycles. The molecule has 0 amide bonds. The molecular weight excluding hydrogens is 145 g/mol. The maximum absolute atomic E-state index is 12.8. The molecule has 0 saturated carbocycles. The Hall–Kier alpha value is -1.45. The third kappa shape index (κ3) is 0.790. The number of aryl methyl sites for hydroxylation is 1. The van der Waals surface area contributed by atoms with Crippen LogP contribution in [0.3, 0.4) is 0 Å². The highest BCUT2D eigenvalue weighted by atomic mass is 19.1. The van der Waals surface area contributed by atoms with Crippen LogP contribution in [0.25, 0.3) is 11.0 Å². The highest BCUT2D eigenvalue weighted by Gasteiger charge is 2.04. The van der Waals surface area contributed by atoms with E-state index < -0.39 is 0 Å². The minimum atomic E-state index is -0.244. The Morgan fingerprint density at radius 1 is 1.36 bits per heavy atom. The van der Waals surface area contributed by atoms with Crippen molar-refractivity contribution in [3.63, 3.8) is 0 Å². The molecule has 0 atom stereocenters. The molecule has 0 aliphatic heterocycles. The molecule has 0 bridgehead atoms. The second-order valence-corrected chi connectivity index (χ2v) is 2.36. The second kappa shape index (κ2) is 2.02. The Morgan fingerprint density at radius 3 is 3.00 bits per heavy atom. The number of aromatic amines is 1. The van der Waals surface area contributed by atoms with Gasteiger partial charge in [-0.1, -0.05) is 0 Å². The Kier molecular flexibility index (Phi) is 1.15. The molecule has 0 saturated heterocycles. The fourth-order valence-corrected chi connectivity index (χ4v) is 1.02. The highest BCUT2D eigenvalue weighted by molar-refractivity contribution is 5.77. The van der Waals surface area contributed by atoms with Crippen molar-refractivity contribution in [2.45, 2.75) is 6.92 Å². The predicted octanol–water partition coefficient (Wildman–Crippen LogP) is 1.41. The predicted molar refractivity (Wildman–Crippen MR) is 38.6 cm³/mol. The van der Waals surface area contributed by atoms with Gasteiger partial charge in [0, 0.05) is 5.56 Å². The first-order valence-corrected chi connectivity index (χ1v) is 3.24. The number of aromatic nitrogens is 3. The maximum Gasteiger partial charge on any atom is 0.128 e. The number of nitrogens with one attached hydrogen (secondary N) is 1. The summed E-state index contributed by atoms with van der Waals surface area (Å²) in [6.45, 7) is 1.68. The van der Waals surface area contributed by atoms with E-state index in [9.17, 15) is 4.39 Å². The number of H-pyrrole nitrogens is 1. The van der Waals surface area contributed by atoms with Crippen LogP contribution in [0.1, 0.15) is 5.56 Å². The molecule has 2 aromatic rings. The van der Waals surface area contributed by atoms with E-state index >= 15 is 0 Å². The van der Waals surface area contributed by atoms with Gasteiger partial charge >= 0.3 is 0 Å². The lowest BCUT2D eigenvalue weighted by Gasteiger charge is -1.93. The minimum Gasteiger partial charge on any atom is -0.207 e. The van der Waals surface area contributed by atoms with Gasteiger partial charge in [-0.25, -0.2) is 4.39 Å². The molecule has 2 rings (SSSR count). The van der Waals surface area contributed by atoms with Crippen molar-refractivity contribution in [2.24, 2.45) is 0 Å². The summed E-state index contributed by atoms with van der Waals surface area (Å²) in [5.74, 6) is -0.244. The fraction of sp³-hybridized carbons (Fsp3) is 0.143. The van der Waals surface area contributed by atoms with Crippen LogP contribution < -0.4 is 0 Å². The molecular formula is C7H6FN3. The topological polar surface area (TPSA) is 41.6 Å². The van der Waals surface area contributed by atoms with Crippen molar-refractivity contribution in [3.8, 4) is 0 Å². The van der Waals surface area contributed by atoms with Crippen molar-refractivity contribution < 1.29 is 4.39 Å². The summed E-state index contributed by atoms with van der Waals surface area (Å²) in [4.78, 5) is 0. The summed E-state index contributed by atoms with van der Waals surface area (Å²) in [6.07, 6.45) is 0. The Labute approximate surface area is 62.2 Å². The van der Waals surface area contributed by atoms with Gasteiger partial charge in [0.25, 0.3) is 0 Å². The molecule has 0 spiro atoms.